The quantitative estimate of drug-likeness (QED) is 0.764. The molecule has 0 saturated heterocycles. The largest absolute Gasteiger partial charge is 0.507 e. The maximum atomic E-state index is 9.78. The number of phenols is 1. The predicted molar refractivity (Wildman–Crippen MR) is 70.2 cm³/mol. The van der Waals surface area contributed by atoms with E-state index in [0.29, 0.717) is 0 Å². The summed E-state index contributed by atoms with van der Waals surface area (Å²) < 4.78 is 0. The second kappa shape index (κ2) is 4.54. The Labute approximate surface area is 108 Å². The van der Waals surface area contributed by atoms with E-state index in [0.717, 1.165) is 22.0 Å². The van der Waals surface area contributed by atoms with Crippen LogP contribution in [0.4, 0.5) is 0 Å². The number of thiazole rings is 1. The van der Waals surface area contributed by atoms with Crippen LogP contribution in [0.15, 0.2) is 48.2 Å². The van der Waals surface area contributed by atoms with E-state index in [1.54, 1.807) is 30.7 Å². The molecule has 1 N–H and O–H groups in total. The van der Waals surface area contributed by atoms with Gasteiger partial charge in [0.25, 0.3) is 0 Å². The number of phenolic OH excluding ortho intramolecular Hbond substituents is 1. The van der Waals surface area contributed by atoms with Crippen LogP contribution in [-0.4, -0.2) is 20.1 Å². The van der Waals surface area contributed by atoms with Crippen LogP contribution in [0.25, 0.3) is 22.0 Å². The fourth-order valence-corrected chi connectivity index (χ4v) is 2.45. The highest BCUT2D eigenvalue weighted by Gasteiger charge is 2.10. The molecule has 2 aromatic heterocycles. The van der Waals surface area contributed by atoms with Crippen LogP contribution in [0.1, 0.15) is 0 Å². The van der Waals surface area contributed by atoms with Gasteiger partial charge in [-0.2, -0.15) is 0 Å². The lowest BCUT2D eigenvalue weighted by molar-refractivity contribution is 0.477. The van der Waals surface area contributed by atoms with Crippen molar-refractivity contribution in [3.63, 3.8) is 0 Å². The van der Waals surface area contributed by atoms with E-state index in [9.17, 15) is 5.11 Å². The molecule has 18 heavy (non-hydrogen) atoms. The summed E-state index contributed by atoms with van der Waals surface area (Å²) >= 11 is 1.47. The predicted octanol–water partition coefficient (Wildman–Crippen LogP) is 2.97. The van der Waals surface area contributed by atoms with Crippen molar-refractivity contribution in [2.45, 2.75) is 0 Å². The molecule has 0 saturated carbocycles. The van der Waals surface area contributed by atoms with Crippen molar-refractivity contribution < 1.29 is 5.11 Å². The molecule has 0 bridgehead atoms. The van der Waals surface area contributed by atoms with Gasteiger partial charge in [0.2, 0.25) is 0 Å². The summed E-state index contributed by atoms with van der Waals surface area (Å²) in [5, 5.41) is 12.5. The molecule has 0 atom stereocenters. The zero-order valence-electron chi connectivity index (χ0n) is 9.32. The number of benzene rings is 1. The second-order valence-corrected chi connectivity index (χ2v) is 4.50. The molecule has 3 aromatic rings. The smallest absolute Gasteiger partial charge is 0.127 e. The van der Waals surface area contributed by atoms with Crippen molar-refractivity contribution in [3.8, 4) is 27.7 Å². The Kier molecular flexibility index (Phi) is 2.74. The van der Waals surface area contributed by atoms with Crippen LogP contribution in [0.3, 0.4) is 0 Å². The van der Waals surface area contributed by atoms with Gasteiger partial charge in [-0.25, -0.2) is 4.98 Å². The van der Waals surface area contributed by atoms with Crippen molar-refractivity contribution in [2.75, 3.05) is 0 Å². The average molecular weight is 255 g/mol. The first-order valence-corrected chi connectivity index (χ1v) is 6.23. The van der Waals surface area contributed by atoms with E-state index in [-0.39, 0.29) is 5.75 Å². The first kappa shape index (κ1) is 10.9. The second-order valence-electron chi connectivity index (χ2n) is 3.65. The fourth-order valence-electron chi connectivity index (χ4n) is 1.60. The van der Waals surface area contributed by atoms with Gasteiger partial charge < -0.3 is 5.11 Å². The number of aromatic nitrogens is 3. The minimum atomic E-state index is 0.234. The highest BCUT2D eigenvalue weighted by molar-refractivity contribution is 7.13. The maximum absolute atomic E-state index is 9.78. The molecule has 88 valence electrons. The molecule has 0 aliphatic rings. The number of aromatic hydroxyl groups is 1. The minimum absolute atomic E-state index is 0.234. The Morgan fingerprint density at radius 1 is 1.06 bits per heavy atom. The molecule has 0 aliphatic heterocycles. The van der Waals surface area contributed by atoms with Gasteiger partial charge in [0.15, 0.2) is 0 Å². The zero-order chi connectivity index (χ0) is 12.4. The topological polar surface area (TPSA) is 58.9 Å². The van der Waals surface area contributed by atoms with Crippen molar-refractivity contribution >= 4 is 11.3 Å². The number of hydrogen-bond donors (Lipinski definition) is 1. The van der Waals surface area contributed by atoms with Crippen LogP contribution in [0.2, 0.25) is 0 Å². The molecule has 4 nitrogen and oxygen atoms in total. The molecule has 0 radical (unpaired) electrons. The van der Waals surface area contributed by atoms with E-state index in [2.05, 4.69) is 15.0 Å². The van der Waals surface area contributed by atoms with E-state index in [1.807, 2.05) is 17.5 Å². The Morgan fingerprint density at radius 3 is 2.72 bits per heavy atom. The monoisotopic (exact) mass is 255 g/mol. The van der Waals surface area contributed by atoms with E-state index >= 15 is 0 Å². The maximum Gasteiger partial charge on any atom is 0.127 e. The molecular formula is C13H9N3OS. The van der Waals surface area contributed by atoms with Crippen molar-refractivity contribution in [3.05, 3.63) is 48.2 Å². The molecule has 0 spiro atoms. The van der Waals surface area contributed by atoms with Gasteiger partial charge >= 0.3 is 0 Å². The molecule has 3 rings (SSSR count). The zero-order valence-corrected chi connectivity index (χ0v) is 10.1. The molecule has 0 amide bonds. The minimum Gasteiger partial charge on any atom is -0.507 e. The van der Waals surface area contributed by atoms with Crippen LogP contribution in [-0.2, 0) is 0 Å². The Bertz CT molecular complexity index is 667. The number of rotatable bonds is 2. The normalized spacial score (nSPS) is 10.4. The Hall–Kier alpha value is -2.27. The summed E-state index contributed by atoms with van der Waals surface area (Å²) in [5.74, 6) is 0.234. The first-order valence-electron chi connectivity index (χ1n) is 5.35. The SMILES string of the molecule is Oc1ccccc1-c1nc(-c2cnccn2)cs1. The molecule has 0 unspecified atom stereocenters. The number of nitrogens with zero attached hydrogens (tertiary/aromatic N) is 3. The van der Waals surface area contributed by atoms with Gasteiger partial charge in [0.1, 0.15) is 22.1 Å². The summed E-state index contributed by atoms with van der Waals surface area (Å²) in [6.07, 6.45) is 4.93. The number of para-hydroxylation sites is 1. The van der Waals surface area contributed by atoms with Crippen LogP contribution in [0.5, 0.6) is 5.75 Å². The highest BCUT2D eigenvalue weighted by atomic mass is 32.1. The van der Waals surface area contributed by atoms with Gasteiger partial charge in [0.05, 0.1) is 11.8 Å². The standard InChI is InChI=1S/C13H9N3OS/c17-12-4-2-1-3-9(12)13-16-11(8-18-13)10-7-14-5-6-15-10/h1-8,17H. The van der Waals surface area contributed by atoms with Gasteiger partial charge in [-0.05, 0) is 12.1 Å². The molecule has 0 aliphatic carbocycles. The summed E-state index contributed by atoms with van der Waals surface area (Å²) in [6, 6.07) is 7.15. The lowest BCUT2D eigenvalue weighted by atomic mass is 10.2. The Morgan fingerprint density at radius 2 is 1.94 bits per heavy atom. The van der Waals surface area contributed by atoms with Crippen LogP contribution in [0, 0.1) is 0 Å². The highest BCUT2D eigenvalue weighted by Crippen LogP contribution is 2.32. The van der Waals surface area contributed by atoms with Crippen LogP contribution < -0.4 is 0 Å². The van der Waals surface area contributed by atoms with Gasteiger partial charge in [0, 0.05) is 17.8 Å². The molecule has 0 fully saturated rings. The summed E-state index contributed by atoms with van der Waals surface area (Å²) in [6.45, 7) is 0. The average Bonchev–Trinajstić information content (AvgIpc) is 2.90. The van der Waals surface area contributed by atoms with Crippen molar-refractivity contribution in [1.29, 1.82) is 0 Å². The Balaban J connectivity index is 2.03. The van der Waals surface area contributed by atoms with Gasteiger partial charge in [-0.3, -0.25) is 9.97 Å². The summed E-state index contributed by atoms with van der Waals surface area (Å²) in [7, 11) is 0. The van der Waals surface area contributed by atoms with Crippen molar-refractivity contribution in [1.82, 2.24) is 15.0 Å². The number of hydrogen-bond acceptors (Lipinski definition) is 5. The lowest BCUT2D eigenvalue weighted by Gasteiger charge is -1.99. The van der Waals surface area contributed by atoms with E-state index in [4.69, 9.17) is 0 Å². The first-order chi connectivity index (χ1) is 8.84. The van der Waals surface area contributed by atoms with Crippen LogP contribution >= 0.6 is 11.3 Å². The lowest BCUT2D eigenvalue weighted by Crippen LogP contribution is -1.84. The molecule has 5 heteroatoms. The summed E-state index contributed by atoms with van der Waals surface area (Å²) in [4.78, 5) is 12.7. The van der Waals surface area contributed by atoms with Gasteiger partial charge in [-0.1, -0.05) is 12.1 Å². The third kappa shape index (κ3) is 1.96. The van der Waals surface area contributed by atoms with Crippen molar-refractivity contribution in [2.24, 2.45) is 0 Å². The third-order valence-electron chi connectivity index (χ3n) is 2.46. The molecular weight excluding hydrogens is 246 g/mol. The summed E-state index contributed by atoms with van der Waals surface area (Å²) in [5.41, 5.74) is 2.24. The molecule has 1 aromatic carbocycles. The van der Waals surface area contributed by atoms with E-state index in [1.165, 1.54) is 11.3 Å². The molecule has 2 heterocycles. The van der Waals surface area contributed by atoms with E-state index < -0.39 is 0 Å². The third-order valence-corrected chi connectivity index (χ3v) is 3.34. The van der Waals surface area contributed by atoms with Gasteiger partial charge in [-0.15, -0.1) is 11.3 Å². The fraction of sp³-hybridized carbons (Fsp3) is 0.